The number of epoxide rings is 1. The third-order valence-electron chi connectivity index (χ3n) is 6.51. The molecule has 0 N–H and O–H groups in total. The number of fused-ring (bicyclic) bond motifs is 1. The summed E-state index contributed by atoms with van der Waals surface area (Å²) in [6.07, 6.45) is 0. The van der Waals surface area contributed by atoms with Crippen molar-refractivity contribution in [2.24, 2.45) is 0 Å². The minimum Gasteiger partial charge on any atom is -0.493 e. The van der Waals surface area contributed by atoms with Gasteiger partial charge < -0.3 is 14.2 Å². The molecule has 2 atom stereocenters. The topological polar surface area (TPSA) is 68.4 Å². The van der Waals surface area contributed by atoms with Crippen molar-refractivity contribution < 1.29 is 22.6 Å². The summed E-state index contributed by atoms with van der Waals surface area (Å²) in [7, 11) is -0.511. The van der Waals surface area contributed by atoms with Gasteiger partial charge in [-0.3, -0.25) is 0 Å². The van der Waals surface area contributed by atoms with Gasteiger partial charge in [0.1, 0.15) is 11.2 Å². The van der Waals surface area contributed by atoms with Crippen LogP contribution in [0.15, 0.2) is 77.7 Å². The number of benzene rings is 3. The van der Waals surface area contributed by atoms with E-state index in [1.54, 1.807) is 26.4 Å². The molecule has 0 aliphatic carbocycles. The van der Waals surface area contributed by atoms with Crippen molar-refractivity contribution in [3.63, 3.8) is 0 Å². The zero-order valence-electron chi connectivity index (χ0n) is 18.2. The summed E-state index contributed by atoms with van der Waals surface area (Å²) in [5, 5.41) is 0. The van der Waals surface area contributed by atoms with Gasteiger partial charge in [0.25, 0.3) is 0 Å². The number of sulfonamides is 1. The maximum atomic E-state index is 13.5. The number of morpholine rings is 1. The van der Waals surface area contributed by atoms with Gasteiger partial charge >= 0.3 is 0 Å². The Morgan fingerprint density at radius 1 is 0.812 bits per heavy atom. The molecule has 6 nitrogen and oxygen atoms in total. The van der Waals surface area contributed by atoms with Gasteiger partial charge in [-0.1, -0.05) is 54.1 Å². The van der Waals surface area contributed by atoms with Gasteiger partial charge in [-0.2, -0.15) is 4.31 Å². The van der Waals surface area contributed by atoms with Crippen LogP contribution in [0.5, 0.6) is 11.5 Å². The number of hydrogen-bond acceptors (Lipinski definition) is 5. The first-order chi connectivity index (χ1) is 15.4. The minimum absolute atomic E-state index is 0.216. The van der Waals surface area contributed by atoms with Crippen molar-refractivity contribution in [2.45, 2.75) is 23.0 Å². The Morgan fingerprint density at radius 2 is 1.44 bits per heavy atom. The number of rotatable bonds is 6. The van der Waals surface area contributed by atoms with E-state index in [9.17, 15) is 8.42 Å². The zero-order chi connectivity index (χ0) is 22.6. The van der Waals surface area contributed by atoms with Crippen molar-refractivity contribution >= 4 is 10.0 Å². The number of nitrogens with zero attached hydrogens (tertiary/aromatic N) is 1. The van der Waals surface area contributed by atoms with Gasteiger partial charge in [-0.05, 0) is 42.3 Å². The average Bonchev–Trinajstić information content (AvgIpc) is 3.35. The fourth-order valence-corrected chi connectivity index (χ4v) is 6.22. The quantitative estimate of drug-likeness (QED) is 0.533. The molecule has 5 rings (SSSR count). The summed E-state index contributed by atoms with van der Waals surface area (Å²) in [5.41, 5.74) is 1.27. The highest BCUT2D eigenvalue weighted by molar-refractivity contribution is 7.89. The van der Waals surface area contributed by atoms with E-state index in [1.807, 2.05) is 67.6 Å². The van der Waals surface area contributed by atoms with E-state index in [2.05, 4.69) is 0 Å². The van der Waals surface area contributed by atoms with Crippen LogP contribution in [0.2, 0.25) is 0 Å². The largest absolute Gasteiger partial charge is 0.493 e. The molecular weight excluding hydrogens is 426 g/mol. The maximum Gasteiger partial charge on any atom is 0.243 e. The van der Waals surface area contributed by atoms with E-state index < -0.39 is 21.2 Å². The first-order valence-electron chi connectivity index (χ1n) is 10.4. The maximum absolute atomic E-state index is 13.5. The van der Waals surface area contributed by atoms with E-state index in [1.165, 1.54) is 4.31 Å². The Morgan fingerprint density at radius 3 is 2.06 bits per heavy atom. The van der Waals surface area contributed by atoms with Crippen LogP contribution in [0.3, 0.4) is 0 Å². The molecule has 32 heavy (non-hydrogen) atoms. The highest BCUT2D eigenvalue weighted by atomic mass is 32.2. The second-order valence-electron chi connectivity index (χ2n) is 8.28. The predicted octanol–water partition coefficient (Wildman–Crippen LogP) is 3.84. The summed E-state index contributed by atoms with van der Waals surface area (Å²) >= 11 is 0. The summed E-state index contributed by atoms with van der Waals surface area (Å²) in [6.45, 7) is 2.39. The minimum atomic E-state index is -3.68. The second kappa shape index (κ2) is 7.33. The van der Waals surface area contributed by atoms with Gasteiger partial charge in [0.05, 0.1) is 32.2 Å². The Labute approximate surface area is 188 Å². The average molecular weight is 452 g/mol. The van der Waals surface area contributed by atoms with E-state index >= 15 is 0 Å². The first kappa shape index (κ1) is 21.0. The molecule has 7 heteroatoms. The molecule has 0 bridgehead atoms. The SMILES string of the molecule is COc1ccc([C@@]23CN(S(=O)(=O)c4ccc(C)cc4)C[C@]2(c2ccccc2)O3)cc1OC. The van der Waals surface area contributed by atoms with Gasteiger partial charge in [-0.15, -0.1) is 0 Å². The van der Waals surface area contributed by atoms with Crippen molar-refractivity contribution in [1.29, 1.82) is 0 Å². The van der Waals surface area contributed by atoms with Crippen molar-refractivity contribution in [3.8, 4) is 11.5 Å². The van der Waals surface area contributed by atoms with Crippen LogP contribution in [0, 0.1) is 6.92 Å². The van der Waals surface area contributed by atoms with Gasteiger partial charge in [-0.25, -0.2) is 8.42 Å². The number of ether oxygens (including phenoxy) is 3. The van der Waals surface area contributed by atoms with Crippen molar-refractivity contribution in [3.05, 3.63) is 89.5 Å². The van der Waals surface area contributed by atoms with Crippen LogP contribution in [0.1, 0.15) is 16.7 Å². The molecule has 166 valence electrons. The molecular formula is C25H25NO5S. The van der Waals surface area contributed by atoms with Crippen LogP contribution >= 0.6 is 0 Å². The number of aryl methyl sites for hydroxylation is 1. The standard InChI is InChI=1S/C25H25NO5S/c1-18-9-12-21(13-10-18)32(27,28)26-16-24(19-7-5-4-6-8-19)25(17-26,31-24)20-11-14-22(29-2)23(15-20)30-3/h4-15H,16-17H2,1-3H3/t24-,25+/m1/s1. The monoisotopic (exact) mass is 451 g/mol. The highest BCUT2D eigenvalue weighted by Gasteiger charge is 2.77. The lowest BCUT2D eigenvalue weighted by atomic mass is 9.84. The van der Waals surface area contributed by atoms with Crippen molar-refractivity contribution in [2.75, 3.05) is 27.3 Å². The lowest BCUT2D eigenvalue weighted by Gasteiger charge is -2.21. The third kappa shape index (κ3) is 2.96. The Bertz CT molecular complexity index is 1260. The number of methoxy groups -OCH3 is 2. The Balaban J connectivity index is 1.60. The Kier molecular flexibility index (Phi) is 4.81. The van der Waals surface area contributed by atoms with Crippen LogP contribution in [0.4, 0.5) is 0 Å². The fourth-order valence-electron chi connectivity index (χ4n) is 4.74. The zero-order valence-corrected chi connectivity index (χ0v) is 19.1. The first-order valence-corrected chi connectivity index (χ1v) is 11.9. The molecule has 2 aliphatic rings. The second-order valence-corrected chi connectivity index (χ2v) is 10.2. The van der Waals surface area contributed by atoms with E-state index in [-0.39, 0.29) is 18.0 Å². The lowest BCUT2D eigenvalue weighted by molar-refractivity contribution is 0.182. The number of hydrogen-bond donors (Lipinski definition) is 0. The molecule has 2 heterocycles. The van der Waals surface area contributed by atoms with Gasteiger partial charge in [0, 0.05) is 0 Å². The molecule has 0 spiro atoms. The summed E-state index contributed by atoms with van der Waals surface area (Å²) in [6, 6.07) is 22.4. The summed E-state index contributed by atoms with van der Waals surface area (Å²) in [4.78, 5) is 0.287. The van der Waals surface area contributed by atoms with Crippen LogP contribution in [0.25, 0.3) is 0 Å². The predicted molar refractivity (Wildman–Crippen MR) is 120 cm³/mol. The highest BCUT2D eigenvalue weighted by Crippen LogP contribution is 2.67. The van der Waals surface area contributed by atoms with Crippen LogP contribution < -0.4 is 9.47 Å². The molecule has 2 saturated heterocycles. The molecule has 0 aromatic heterocycles. The molecule has 2 aliphatic heterocycles. The molecule has 0 saturated carbocycles. The molecule has 3 aromatic carbocycles. The molecule has 2 fully saturated rings. The Hall–Kier alpha value is -2.87. The van der Waals surface area contributed by atoms with E-state index in [4.69, 9.17) is 14.2 Å². The van der Waals surface area contributed by atoms with Gasteiger partial charge in [0.15, 0.2) is 11.5 Å². The fraction of sp³-hybridized carbons (Fsp3) is 0.280. The molecule has 3 aromatic rings. The summed E-state index contributed by atoms with van der Waals surface area (Å²) < 4.78 is 45.9. The van der Waals surface area contributed by atoms with Crippen molar-refractivity contribution in [1.82, 2.24) is 4.31 Å². The summed E-state index contributed by atoms with van der Waals surface area (Å²) in [5.74, 6) is 1.19. The van der Waals surface area contributed by atoms with Crippen LogP contribution in [-0.4, -0.2) is 40.0 Å². The lowest BCUT2D eigenvalue weighted by Crippen LogP contribution is -2.34. The molecule has 0 unspecified atom stereocenters. The molecule has 0 amide bonds. The van der Waals surface area contributed by atoms with E-state index in [0.717, 1.165) is 16.7 Å². The third-order valence-corrected chi connectivity index (χ3v) is 8.31. The van der Waals surface area contributed by atoms with Gasteiger partial charge in [0.2, 0.25) is 10.0 Å². The smallest absolute Gasteiger partial charge is 0.243 e. The molecule has 0 radical (unpaired) electrons. The van der Waals surface area contributed by atoms with E-state index in [0.29, 0.717) is 11.5 Å². The van der Waals surface area contributed by atoms with Crippen LogP contribution in [-0.2, 0) is 26.0 Å². The normalized spacial score (nSPS) is 24.7.